The Bertz CT molecular complexity index is 1310. The second-order valence-electron chi connectivity index (χ2n) is 7.31. The van der Waals surface area contributed by atoms with Crippen LogP contribution in [-0.2, 0) is 16.1 Å². The van der Waals surface area contributed by atoms with E-state index in [1.165, 1.54) is 36.4 Å². The molecule has 0 unspecified atom stereocenters. The molecule has 1 aromatic heterocycles. The standard InChI is InChI=1S/C22H18F2N6O3S/c1-13-10-15(6-7-16(13)23)20-26-28-30(27-20)12-19(31)25-8-9-29-21(32)18(34-22(29)33)11-14-4-2-3-5-17(14)24/h2-7,10-11H,8-9,12H2,1H3,(H,25,31)/b18-11-. The van der Waals surface area contributed by atoms with Crippen LogP contribution in [0.2, 0.25) is 0 Å². The van der Waals surface area contributed by atoms with Gasteiger partial charge in [0.25, 0.3) is 11.1 Å². The highest BCUT2D eigenvalue weighted by Crippen LogP contribution is 2.32. The number of benzene rings is 2. The largest absolute Gasteiger partial charge is 0.353 e. The SMILES string of the molecule is Cc1cc(-c2nnn(CC(=O)NCCN3C(=O)S/C(=C\c4ccccc4F)C3=O)n2)ccc1F. The first kappa shape index (κ1) is 23.2. The first-order chi connectivity index (χ1) is 16.3. The number of thioether (sulfide) groups is 1. The van der Waals surface area contributed by atoms with Crippen LogP contribution >= 0.6 is 11.8 Å². The molecule has 174 valence electrons. The number of rotatable bonds is 7. The zero-order valence-electron chi connectivity index (χ0n) is 17.9. The molecule has 3 amide bonds. The van der Waals surface area contributed by atoms with Crippen molar-refractivity contribution in [1.82, 2.24) is 30.4 Å². The van der Waals surface area contributed by atoms with Gasteiger partial charge in [-0.15, -0.1) is 10.2 Å². The number of nitrogens with one attached hydrogen (secondary N) is 1. The lowest BCUT2D eigenvalue weighted by molar-refractivity contribution is -0.124. The minimum Gasteiger partial charge on any atom is -0.353 e. The first-order valence-corrected chi connectivity index (χ1v) is 10.9. The zero-order chi connectivity index (χ0) is 24.2. The fourth-order valence-corrected chi connectivity index (χ4v) is 3.98. The molecule has 12 heteroatoms. The van der Waals surface area contributed by atoms with E-state index in [4.69, 9.17) is 0 Å². The molecule has 3 aromatic rings. The van der Waals surface area contributed by atoms with E-state index in [2.05, 4.69) is 20.7 Å². The van der Waals surface area contributed by atoms with E-state index >= 15 is 0 Å². The van der Waals surface area contributed by atoms with Gasteiger partial charge in [-0.1, -0.05) is 18.2 Å². The minimum atomic E-state index is -0.551. The highest BCUT2D eigenvalue weighted by molar-refractivity contribution is 8.18. The molecule has 1 aliphatic heterocycles. The zero-order valence-corrected chi connectivity index (χ0v) is 18.7. The number of amides is 3. The Hall–Kier alpha value is -3.93. The van der Waals surface area contributed by atoms with E-state index in [1.807, 2.05) is 0 Å². The molecular formula is C22H18F2N6O3S. The number of hydrogen-bond donors (Lipinski definition) is 1. The van der Waals surface area contributed by atoms with E-state index in [-0.39, 0.29) is 41.7 Å². The van der Waals surface area contributed by atoms with Gasteiger partial charge in [0, 0.05) is 24.2 Å². The number of hydrogen-bond acceptors (Lipinski definition) is 7. The normalized spacial score (nSPS) is 14.8. The van der Waals surface area contributed by atoms with E-state index in [0.29, 0.717) is 22.9 Å². The molecule has 2 aromatic carbocycles. The number of nitrogens with zero attached hydrogens (tertiary/aromatic N) is 5. The van der Waals surface area contributed by atoms with E-state index in [0.717, 1.165) is 9.70 Å². The van der Waals surface area contributed by atoms with Crippen molar-refractivity contribution in [3.05, 3.63) is 70.1 Å². The minimum absolute atomic E-state index is 0.0164. The molecule has 0 radical (unpaired) electrons. The maximum atomic E-state index is 13.8. The predicted octanol–water partition coefficient (Wildman–Crippen LogP) is 2.78. The molecule has 9 nitrogen and oxygen atoms in total. The van der Waals surface area contributed by atoms with Gasteiger partial charge < -0.3 is 5.32 Å². The number of carbonyl (C=O) groups is 3. The van der Waals surface area contributed by atoms with E-state index in [9.17, 15) is 23.2 Å². The Morgan fingerprint density at radius 2 is 1.94 bits per heavy atom. The van der Waals surface area contributed by atoms with Gasteiger partial charge in [0.15, 0.2) is 0 Å². The third-order valence-corrected chi connectivity index (χ3v) is 5.78. The maximum absolute atomic E-state index is 13.8. The average molecular weight is 484 g/mol. The monoisotopic (exact) mass is 484 g/mol. The van der Waals surface area contributed by atoms with Crippen molar-refractivity contribution < 1.29 is 23.2 Å². The lowest BCUT2D eigenvalue weighted by Gasteiger charge is -2.12. The highest BCUT2D eigenvalue weighted by Gasteiger charge is 2.34. The molecule has 0 bridgehead atoms. The summed E-state index contributed by atoms with van der Waals surface area (Å²) in [6.45, 7) is 1.35. The van der Waals surface area contributed by atoms with Gasteiger partial charge >= 0.3 is 0 Å². The molecule has 1 N–H and O–H groups in total. The molecule has 1 fully saturated rings. The number of tetrazole rings is 1. The van der Waals surface area contributed by atoms with Gasteiger partial charge in [0.05, 0.1) is 4.91 Å². The molecule has 1 saturated heterocycles. The van der Waals surface area contributed by atoms with Gasteiger partial charge in [-0.2, -0.15) is 4.80 Å². The predicted molar refractivity (Wildman–Crippen MR) is 120 cm³/mol. The highest BCUT2D eigenvalue weighted by atomic mass is 32.2. The summed E-state index contributed by atoms with van der Waals surface area (Å²) in [6.07, 6.45) is 1.33. The van der Waals surface area contributed by atoms with Crippen LogP contribution in [0, 0.1) is 18.6 Å². The van der Waals surface area contributed by atoms with Crippen LogP contribution in [0.15, 0.2) is 47.4 Å². The second kappa shape index (κ2) is 9.91. The Kier molecular flexibility index (Phi) is 6.77. The van der Waals surface area contributed by atoms with Gasteiger partial charge in [-0.3, -0.25) is 19.3 Å². The van der Waals surface area contributed by atoms with Crippen molar-refractivity contribution >= 4 is 34.9 Å². The van der Waals surface area contributed by atoms with Crippen LogP contribution < -0.4 is 5.32 Å². The fraction of sp³-hybridized carbons (Fsp3) is 0.182. The summed E-state index contributed by atoms with van der Waals surface area (Å²) >= 11 is 0.713. The van der Waals surface area contributed by atoms with Crippen LogP contribution in [-0.4, -0.2) is 55.3 Å². The van der Waals surface area contributed by atoms with Crippen molar-refractivity contribution in [3.8, 4) is 11.4 Å². The maximum Gasteiger partial charge on any atom is 0.293 e. The van der Waals surface area contributed by atoms with Gasteiger partial charge in [0.1, 0.15) is 18.2 Å². The summed E-state index contributed by atoms with van der Waals surface area (Å²) < 4.78 is 27.3. The number of carbonyl (C=O) groups excluding carboxylic acids is 3. The van der Waals surface area contributed by atoms with Crippen LogP contribution in [0.25, 0.3) is 17.5 Å². The Balaban J connectivity index is 1.30. The Morgan fingerprint density at radius 3 is 2.71 bits per heavy atom. The number of imide groups is 1. The van der Waals surface area contributed by atoms with Crippen molar-refractivity contribution in [2.24, 2.45) is 0 Å². The average Bonchev–Trinajstić information content (AvgIpc) is 3.37. The molecule has 0 spiro atoms. The molecule has 34 heavy (non-hydrogen) atoms. The fourth-order valence-electron chi connectivity index (χ4n) is 3.13. The summed E-state index contributed by atoms with van der Waals surface area (Å²) in [4.78, 5) is 39.1. The van der Waals surface area contributed by atoms with Crippen molar-refractivity contribution in [3.63, 3.8) is 0 Å². The van der Waals surface area contributed by atoms with Crippen LogP contribution in [0.4, 0.5) is 13.6 Å². The molecule has 4 rings (SSSR count). The van der Waals surface area contributed by atoms with Crippen LogP contribution in [0.5, 0.6) is 0 Å². The van der Waals surface area contributed by atoms with Gasteiger partial charge in [-0.05, 0) is 59.8 Å². The van der Waals surface area contributed by atoms with Crippen molar-refractivity contribution in [2.45, 2.75) is 13.5 Å². The van der Waals surface area contributed by atoms with E-state index < -0.39 is 22.9 Å². The molecule has 0 saturated carbocycles. The molecule has 0 atom stereocenters. The molecular weight excluding hydrogens is 466 g/mol. The Labute approximate surface area is 196 Å². The quantitative estimate of drug-likeness (QED) is 0.514. The summed E-state index contributed by atoms with van der Waals surface area (Å²) in [5.41, 5.74) is 1.20. The summed E-state index contributed by atoms with van der Waals surface area (Å²) in [5, 5.41) is 13.9. The van der Waals surface area contributed by atoms with Gasteiger partial charge in [0.2, 0.25) is 11.7 Å². The van der Waals surface area contributed by atoms with Crippen LogP contribution in [0.3, 0.4) is 0 Å². The van der Waals surface area contributed by atoms with Crippen LogP contribution in [0.1, 0.15) is 11.1 Å². The number of aromatic nitrogens is 4. The van der Waals surface area contributed by atoms with Gasteiger partial charge in [-0.25, -0.2) is 8.78 Å². The van der Waals surface area contributed by atoms with Crippen molar-refractivity contribution in [1.29, 1.82) is 0 Å². The first-order valence-electron chi connectivity index (χ1n) is 10.1. The summed E-state index contributed by atoms with van der Waals surface area (Å²) in [7, 11) is 0. The number of aryl methyl sites for hydroxylation is 1. The molecule has 2 heterocycles. The topological polar surface area (TPSA) is 110 Å². The summed E-state index contributed by atoms with van der Waals surface area (Å²) in [6, 6.07) is 10.3. The molecule has 0 aliphatic carbocycles. The second-order valence-corrected chi connectivity index (χ2v) is 8.31. The number of halogens is 2. The third kappa shape index (κ3) is 5.17. The lowest BCUT2D eigenvalue weighted by atomic mass is 10.1. The van der Waals surface area contributed by atoms with E-state index in [1.54, 1.807) is 19.1 Å². The third-order valence-electron chi connectivity index (χ3n) is 4.88. The summed E-state index contributed by atoms with van der Waals surface area (Å²) in [5.74, 6) is -1.60. The Morgan fingerprint density at radius 1 is 1.15 bits per heavy atom. The molecule has 1 aliphatic rings. The smallest absolute Gasteiger partial charge is 0.293 e. The van der Waals surface area contributed by atoms with Crippen molar-refractivity contribution in [2.75, 3.05) is 13.1 Å². The lowest BCUT2D eigenvalue weighted by Crippen LogP contribution is -2.38.